The van der Waals surface area contributed by atoms with Crippen molar-refractivity contribution in [2.75, 3.05) is 16.8 Å². The van der Waals surface area contributed by atoms with Crippen molar-refractivity contribution in [3.05, 3.63) is 64.0 Å². The molecular weight excluding hydrogens is 424 g/mol. The van der Waals surface area contributed by atoms with E-state index in [1.54, 1.807) is 13.1 Å². The first-order chi connectivity index (χ1) is 15.1. The van der Waals surface area contributed by atoms with E-state index in [2.05, 4.69) is 20.7 Å². The molecule has 3 aromatic rings. The molecule has 6 nitrogen and oxygen atoms in total. The van der Waals surface area contributed by atoms with Crippen LogP contribution in [-0.4, -0.2) is 26.8 Å². The summed E-state index contributed by atoms with van der Waals surface area (Å²) >= 11 is 0. The molecule has 0 saturated carbocycles. The number of halogens is 4. The lowest BCUT2D eigenvalue weighted by Gasteiger charge is -2.32. The second kappa shape index (κ2) is 8.40. The van der Waals surface area contributed by atoms with Gasteiger partial charge in [-0.1, -0.05) is 17.2 Å². The van der Waals surface area contributed by atoms with Crippen molar-refractivity contribution in [1.29, 1.82) is 0 Å². The molecule has 2 heterocycles. The molecule has 1 aliphatic rings. The third-order valence-electron chi connectivity index (χ3n) is 5.62. The van der Waals surface area contributed by atoms with Crippen molar-refractivity contribution >= 4 is 11.6 Å². The molecule has 2 aromatic carbocycles. The summed E-state index contributed by atoms with van der Waals surface area (Å²) in [6.07, 6.45) is -3.04. The largest absolute Gasteiger partial charge is 0.416 e. The van der Waals surface area contributed by atoms with Gasteiger partial charge in [0.15, 0.2) is 0 Å². The minimum Gasteiger partial charge on any atom is -0.385 e. The highest BCUT2D eigenvalue weighted by molar-refractivity contribution is 5.60. The highest BCUT2D eigenvalue weighted by Gasteiger charge is 2.35. The number of aryl methyl sites for hydroxylation is 3. The first-order valence-electron chi connectivity index (χ1n) is 10.3. The molecule has 4 rings (SSSR count). The van der Waals surface area contributed by atoms with Gasteiger partial charge in [-0.2, -0.15) is 18.0 Å². The van der Waals surface area contributed by atoms with Crippen LogP contribution in [0.25, 0.3) is 0 Å². The zero-order valence-corrected chi connectivity index (χ0v) is 18.0. The first-order valence-corrected chi connectivity index (χ1v) is 10.3. The number of rotatable bonds is 4. The summed E-state index contributed by atoms with van der Waals surface area (Å²) in [7, 11) is 1.64. The van der Waals surface area contributed by atoms with Crippen LogP contribution in [0.15, 0.2) is 30.3 Å². The second-order valence-electron chi connectivity index (χ2n) is 8.18. The van der Waals surface area contributed by atoms with E-state index in [0.717, 1.165) is 23.1 Å². The Morgan fingerprint density at radius 3 is 2.59 bits per heavy atom. The van der Waals surface area contributed by atoms with Crippen molar-refractivity contribution < 1.29 is 17.6 Å². The Bertz CT molecular complexity index is 1100. The van der Waals surface area contributed by atoms with Crippen LogP contribution in [0.2, 0.25) is 0 Å². The van der Waals surface area contributed by atoms with Gasteiger partial charge in [0, 0.05) is 18.8 Å². The molecule has 170 valence electrons. The lowest BCUT2D eigenvalue weighted by atomic mass is 9.95. The molecule has 1 aromatic heterocycles. The van der Waals surface area contributed by atoms with Gasteiger partial charge in [0.25, 0.3) is 5.95 Å². The second-order valence-corrected chi connectivity index (χ2v) is 8.18. The molecule has 0 saturated heterocycles. The predicted molar refractivity (Wildman–Crippen MR) is 113 cm³/mol. The first kappa shape index (κ1) is 22.0. The van der Waals surface area contributed by atoms with Crippen LogP contribution < -0.4 is 10.2 Å². The third kappa shape index (κ3) is 4.53. The van der Waals surface area contributed by atoms with Gasteiger partial charge in [0.05, 0.1) is 18.7 Å². The Balaban J connectivity index is 1.81. The maximum Gasteiger partial charge on any atom is 0.416 e. The average molecular weight is 448 g/mol. The van der Waals surface area contributed by atoms with Crippen LogP contribution in [0, 0.1) is 19.7 Å². The molecular formula is C22H24F4N6. The van der Waals surface area contributed by atoms with E-state index in [1.807, 2.05) is 17.9 Å². The summed E-state index contributed by atoms with van der Waals surface area (Å²) in [5.41, 5.74) is 2.16. The molecule has 0 bridgehead atoms. The third-order valence-corrected chi connectivity index (χ3v) is 5.62. The fourth-order valence-electron chi connectivity index (χ4n) is 4.27. The number of aromatic nitrogens is 4. The molecule has 1 aliphatic heterocycles. The SMILES string of the molecule is Cc1cc(F)cc(CN(c2nnn(C)n2)[C@H]2CCCNc3cc(C(F)(F)F)c(C)cc32)c1. The molecule has 0 aliphatic carbocycles. The molecule has 0 spiro atoms. The summed E-state index contributed by atoms with van der Waals surface area (Å²) in [5.74, 6) is -0.00883. The Labute approximate surface area is 183 Å². The number of alkyl halides is 3. The fourth-order valence-corrected chi connectivity index (χ4v) is 4.27. The van der Waals surface area contributed by atoms with Crippen molar-refractivity contribution in [2.24, 2.45) is 7.05 Å². The van der Waals surface area contributed by atoms with Crippen molar-refractivity contribution in [3.63, 3.8) is 0 Å². The number of hydrogen-bond donors (Lipinski definition) is 1. The van der Waals surface area contributed by atoms with E-state index in [4.69, 9.17) is 0 Å². The van der Waals surface area contributed by atoms with Gasteiger partial charge >= 0.3 is 6.18 Å². The standard InChI is InChI=1S/C22H24F4N6/c1-13-7-15(10-16(23)8-13)12-32(21-28-30-31(3)29-21)20-5-4-6-27-19-11-18(22(24,25)26)14(2)9-17(19)20/h7-11,20,27H,4-6,12H2,1-3H3/t20-/m0/s1. The molecule has 10 heteroatoms. The lowest BCUT2D eigenvalue weighted by Crippen LogP contribution is -2.30. The molecule has 0 unspecified atom stereocenters. The van der Waals surface area contributed by atoms with E-state index in [0.29, 0.717) is 24.6 Å². The minimum atomic E-state index is -4.44. The highest BCUT2D eigenvalue weighted by Crippen LogP contribution is 2.41. The van der Waals surface area contributed by atoms with Gasteiger partial charge in [0.2, 0.25) is 0 Å². The van der Waals surface area contributed by atoms with Crippen molar-refractivity contribution in [3.8, 4) is 0 Å². The quantitative estimate of drug-likeness (QED) is 0.573. The average Bonchev–Trinajstić information content (AvgIpc) is 3.01. The van der Waals surface area contributed by atoms with Crippen LogP contribution >= 0.6 is 0 Å². The number of hydrogen-bond acceptors (Lipinski definition) is 5. The van der Waals surface area contributed by atoms with E-state index >= 15 is 0 Å². The van der Waals surface area contributed by atoms with Crippen LogP contribution in [0.3, 0.4) is 0 Å². The van der Waals surface area contributed by atoms with Crippen LogP contribution in [0.5, 0.6) is 0 Å². The Hall–Kier alpha value is -3.17. The van der Waals surface area contributed by atoms with Gasteiger partial charge in [-0.3, -0.25) is 0 Å². The summed E-state index contributed by atoms with van der Waals surface area (Å²) in [5, 5.41) is 15.6. The zero-order chi connectivity index (χ0) is 23.0. The van der Waals surface area contributed by atoms with Gasteiger partial charge in [0.1, 0.15) is 5.82 Å². The van der Waals surface area contributed by atoms with Gasteiger partial charge < -0.3 is 10.2 Å². The Kier molecular flexibility index (Phi) is 5.79. The van der Waals surface area contributed by atoms with E-state index in [9.17, 15) is 17.6 Å². The number of nitrogens with one attached hydrogen (secondary N) is 1. The summed E-state index contributed by atoms with van der Waals surface area (Å²) in [6, 6.07) is 7.22. The highest BCUT2D eigenvalue weighted by atomic mass is 19.4. The predicted octanol–water partition coefficient (Wildman–Crippen LogP) is 4.94. The number of anilines is 2. The van der Waals surface area contributed by atoms with E-state index in [-0.39, 0.29) is 24.0 Å². The van der Waals surface area contributed by atoms with Gasteiger partial charge in [-0.25, -0.2) is 4.39 Å². The number of benzene rings is 2. The normalized spacial score (nSPS) is 16.3. The molecule has 0 amide bonds. The van der Waals surface area contributed by atoms with Gasteiger partial charge in [-0.15, -0.1) is 5.10 Å². The van der Waals surface area contributed by atoms with Crippen LogP contribution in [-0.2, 0) is 19.8 Å². The molecule has 1 atom stereocenters. The van der Waals surface area contributed by atoms with Crippen LogP contribution in [0.4, 0.5) is 29.2 Å². The van der Waals surface area contributed by atoms with Crippen molar-refractivity contribution in [2.45, 2.75) is 45.5 Å². The van der Waals surface area contributed by atoms with E-state index < -0.39 is 11.7 Å². The Morgan fingerprint density at radius 1 is 1.16 bits per heavy atom. The van der Waals surface area contributed by atoms with E-state index in [1.165, 1.54) is 29.9 Å². The molecule has 1 N–H and O–H groups in total. The molecule has 0 fully saturated rings. The maximum absolute atomic E-state index is 14.1. The smallest absolute Gasteiger partial charge is 0.385 e. The summed E-state index contributed by atoms with van der Waals surface area (Å²) < 4.78 is 54.6. The van der Waals surface area contributed by atoms with Gasteiger partial charge in [-0.05, 0) is 72.4 Å². The van der Waals surface area contributed by atoms with Crippen LogP contribution in [0.1, 0.15) is 46.7 Å². The number of fused-ring (bicyclic) bond motifs is 1. The summed E-state index contributed by atoms with van der Waals surface area (Å²) in [6.45, 7) is 4.11. The molecule has 32 heavy (non-hydrogen) atoms. The minimum absolute atomic E-state index is 0.151. The number of tetrazole rings is 1. The monoisotopic (exact) mass is 448 g/mol. The molecule has 0 radical (unpaired) electrons. The Morgan fingerprint density at radius 2 is 1.94 bits per heavy atom. The maximum atomic E-state index is 14.1. The number of nitrogens with zero attached hydrogens (tertiary/aromatic N) is 5. The van der Waals surface area contributed by atoms with Crippen molar-refractivity contribution in [1.82, 2.24) is 20.2 Å². The fraction of sp³-hybridized carbons (Fsp3) is 0.409. The topological polar surface area (TPSA) is 58.9 Å². The zero-order valence-electron chi connectivity index (χ0n) is 18.0. The lowest BCUT2D eigenvalue weighted by molar-refractivity contribution is -0.138. The summed E-state index contributed by atoms with van der Waals surface area (Å²) in [4.78, 5) is 3.22.